The average Bonchev–Trinajstić information content (AvgIpc) is 2.63. The molecule has 0 aliphatic heterocycles. The van der Waals surface area contributed by atoms with Crippen LogP contribution in [-0.2, 0) is 11.2 Å². The molecular formula is C11H18N2O2. The van der Waals surface area contributed by atoms with Gasteiger partial charge in [-0.15, -0.1) is 0 Å². The second-order valence-corrected chi connectivity index (χ2v) is 3.78. The zero-order valence-electron chi connectivity index (χ0n) is 9.31. The lowest BCUT2D eigenvalue weighted by Crippen LogP contribution is -2.10. The molecule has 1 unspecified atom stereocenters. The van der Waals surface area contributed by atoms with E-state index in [-0.39, 0.29) is 12.5 Å². The molecule has 15 heavy (non-hydrogen) atoms. The molecule has 0 aromatic carbocycles. The van der Waals surface area contributed by atoms with Crippen LogP contribution in [0.1, 0.15) is 45.0 Å². The molecule has 1 rings (SSSR count). The highest BCUT2D eigenvalue weighted by Gasteiger charge is 2.10. The lowest BCUT2D eigenvalue weighted by Gasteiger charge is -2.15. The minimum Gasteiger partial charge on any atom is -0.481 e. The van der Waals surface area contributed by atoms with Crippen LogP contribution in [0.2, 0.25) is 0 Å². The summed E-state index contributed by atoms with van der Waals surface area (Å²) >= 11 is 0. The molecule has 1 heterocycles. The Kier molecular flexibility index (Phi) is 4.34. The molecule has 1 aromatic heterocycles. The quantitative estimate of drug-likeness (QED) is 0.783. The van der Waals surface area contributed by atoms with Gasteiger partial charge in [-0.1, -0.05) is 6.92 Å². The first kappa shape index (κ1) is 11.8. The summed E-state index contributed by atoms with van der Waals surface area (Å²) in [7, 11) is 0. The lowest BCUT2D eigenvalue weighted by atomic mass is 10.1. The third-order valence-electron chi connectivity index (χ3n) is 2.47. The fraction of sp³-hybridized carbons (Fsp3) is 0.636. The molecule has 1 aromatic rings. The highest BCUT2D eigenvalue weighted by Crippen LogP contribution is 2.16. The zero-order chi connectivity index (χ0) is 11.3. The van der Waals surface area contributed by atoms with E-state index in [1.54, 1.807) is 6.20 Å². The third kappa shape index (κ3) is 3.38. The smallest absolute Gasteiger partial charge is 0.303 e. The van der Waals surface area contributed by atoms with Gasteiger partial charge in [0, 0.05) is 31.3 Å². The highest BCUT2D eigenvalue weighted by atomic mass is 16.4. The highest BCUT2D eigenvalue weighted by molar-refractivity contribution is 5.66. The van der Waals surface area contributed by atoms with Crippen LogP contribution in [0.5, 0.6) is 0 Å². The molecule has 4 nitrogen and oxygen atoms in total. The largest absolute Gasteiger partial charge is 0.481 e. The van der Waals surface area contributed by atoms with E-state index in [0.29, 0.717) is 6.42 Å². The molecule has 0 saturated carbocycles. The van der Waals surface area contributed by atoms with Crippen LogP contribution in [0.4, 0.5) is 0 Å². The number of imidazole rings is 1. The predicted molar refractivity (Wildman–Crippen MR) is 57.8 cm³/mol. The second-order valence-electron chi connectivity index (χ2n) is 3.78. The van der Waals surface area contributed by atoms with E-state index in [1.165, 1.54) is 0 Å². The molecule has 84 valence electrons. The van der Waals surface area contributed by atoms with Gasteiger partial charge in [-0.2, -0.15) is 0 Å². The van der Waals surface area contributed by atoms with Crippen molar-refractivity contribution >= 4 is 5.97 Å². The Morgan fingerprint density at radius 2 is 2.40 bits per heavy atom. The Balaban J connectivity index is 2.59. The normalized spacial score (nSPS) is 12.7. The minimum absolute atomic E-state index is 0.213. The molecule has 1 atom stereocenters. The number of carboxylic acid groups (broad SMARTS) is 1. The van der Waals surface area contributed by atoms with Gasteiger partial charge in [-0.25, -0.2) is 4.98 Å². The van der Waals surface area contributed by atoms with Gasteiger partial charge in [0.15, 0.2) is 0 Å². The fourth-order valence-electron chi connectivity index (χ4n) is 1.63. The van der Waals surface area contributed by atoms with E-state index in [2.05, 4.69) is 16.5 Å². The molecule has 0 radical (unpaired) electrons. The van der Waals surface area contributed by atoms with Crippen LogP contribution < -0.4 is 0 Å². The molecular weight excluding hydrogens is 192 g/mol. The number of carboxylic acids is 1. The van der Waals surface area contributed by atoms with Crippen molar-refractivity contribution < 1.29 is 9.90 Å². The first-order valence-corrected chi connectivity index (χ1v) is 5.38. The average molecular weight is 210 g/mol. The van der Waals surface area contributed by atoms with E-state index in [0.717, 1.165) is 18.7 Å². The molecule has 4 heteroatoms. The molecule has 0 bridgehead atoms. The summed E-state index contributed by atoms with van der Waals surface area (Å²) in [5.74, 6) is 0.314. The third-order valence-corrected chi connectivity index (χ3v) is 2.47. The van der Waals surface area contributed by atoms with Gasteiger partial charge in [0.05, 0.1) is 0 Å². The van der Waals surface area contributed by atoms with Crippen molar-refractivity contribution in [1.29, 1.82) is 0 Å². The van der Waals surface area contributed by atoms with E-state index in [9.17, 15) is 4.79 Å². The van der Waals surface area contributed by atoms with Crippen LogP contribution in [0.25, 0.3) is 0 Å². The molecule has 0 fully saturated rings. The number of aryl methyl sites for hydroxylation is 1. The van der Waals surface area contributed by atoms with Gasteiger partial charge >= 0.3 is 5.97 Å². The molecule has 0 spiro atoms. The summed E-state index contributed by atoms with van der Waals surface area (Å²) in [5.41, 5.74) is 0. The summed E-state index contributed by atoms with van der Waals surface area (Å²) in [6.07, 6.45) is 6.58. The maximum atomic E-state index is 10.5. The van der Waals surface area contributed by atoms with Gasteiger partial charge in [0.25, 0.3) is 0 Å². The Labute approximate surface area is 89.9 Å². The van der Waals surface area contributed by atoms with E-state index in [1.807, 2.05) is 13.1 Å². The van der Waals surface area contributed by atoms with Gasteiger partial charge in [0.2, 0.25) is 0 Å². The van der Waals surface area contributed by atoms with Crippen molar-refractivity contribution in [3.63, 3.8) is 0 Å². The minimum atomic E-state index is -0.737. The molecule has 0 aliphatic carbocycles. The van der Waals surface area contributed by atoms with Crippen molar-refractivity contribution in [2.45, 2.75) is 45.6 Å². The molecule has 0 aliphatic rings. The van der Waals surface area contributed by atoms with Gasteiger partial charge < -0.3 is 9.67 Å². The van der Waals surface area contributed by atoms with Crippen molar-refractivity contribution in [3.8, 4) is 0 Å². The van der Waals surface area contributed by atoms with Crippen LogP contribution >= 0.6 is 0 Å². The summed E-state index contributed by atoms with van der Waals surface area (Å²) < 4.78 is 2.08. The number of aliphatic carboxylic acids is 1. The van der Waals surface area contributed by atoms with Crippen molar-refractivity contribution in [2.24, 2.45) is 0 Å². The Morgan fingerprint density at radius 1 is 1.67 bits per heavy atom. The van der Waals surface area contributed by atoms with E-state index >= 15 is 0 Å². The number of rotatable bonds is 6. The standard InChI is InChI=1S/C11H18N2O2/c1-3-4-10-12-7-8-13(10)9(2)5-6-11(14)15/h7-9H,3-6H2,1-2H3,(H,14,15). The van der Waals surface area contributed by atoms with Crippen molar-refractivity contribution in [3.05, 3.63) is 18.2 Å². The van der Waals surface area contributed by atoms with Crippen LogP contribution in [0.15, 0.2) is 12.4 Å². The first-order chi connectivity index (χ1) is 7.15. The number of hydrogen-bond donors (Lipinski definition) is 1. The maximum Gasteiger partial charge on any atom is 0.303 e. The Bertz CT molecular complexity index is 320. The predicted octanol–water partition coefficient (Wildman–Crippen LogP) is 2.26. The Hall–Kier alpha value is -1.32. The second kappa shape index (κ2) is 5.53. The van der Waals surface area contributed by atoms with Crippen LogP contribution in [0, 0.1) is 0 Å². The molecule has 0 amide bonds. The summed E-state index contributed by atoms with van der Waals surface area (Å²) in [6.45, 7) is 4.14. The Morgan fingerprint density at radius 3 is 3.00 bits per heavy atom. The van der Waals surface area contributed by atoms with Crippen molar-refractivity contribution in [2.75, 3.05) is 0 Å². The number of aromatic nitrogens is 2. The first-order valence-electron chi connectivity index (χ1n) is 5.38. The van der Waals surface area contributed by atoms with E-state index < -0.39 is 5.97 Å². The maximum absolute atomic E-state index is 10.5. The molecule has 0 saturated heterocycles. The van der Waals surface area contributed by atoms with Crippen LogP contribution in [0.3, 0.4) is 0 Å². The van der Waals surface area contributed by atoms with Crippen molar-refractivity contribution in [1.82, 2.24) is 9.55 Å². The lowest BCUT2D eigenvalue weighted by molar-refractivity contribution is -0.137. The molecule has 1 N–H and O–H groups in total. The topological polar surface area (TPSA) is 55.1 Å². The summed E-state index contributed by atoms with van der Waals surface area (Å²) in [5, 5.41) is 8.61. The zero-order valence-corrected chi connectivity index (χ0v) is 9.31. The summed E-state index contributed by atoms with van der Waals surface area (Å²) in [6, 6.07) is 0.213. The SMILES string of the molecule is CCCc1nccn1C(C)CCC(=O)O. The van der Waals surface area contributed by atoms with Crippen LogP contribution in [-0.4, -0.2) is 20.6 Å². The summed E-state index contributed by atoms with van der Waals surface area (Å²) in [4.78, 5) is 14.7. The fourth-order valence-corrected chi connectivity index (χ4v) is 1.63. The van der Waals surface area contributed by atoms with Gasteiger partial charge in [-0.3, -0.25) is 4.79 Å². The number of carbonyl (C=O) groups is 1. The van der Waals surface area contributed by atoms with E-state index in [4.69, 9.17) is 5.11 Å². The number of nitrogens with zero attached hydrogens (tertiary/aromatic N) is 2. The van der Waals surface area contributed by atoms with Gasteiger partial charge in [0.1, 0.15) is 5.82 Å². The number of hydrogen-bond acceptors (Lipinski definition) is 2. The van der Waals surface area contributed by atoms with Gasteiger partial charge in [-0.05, 0) is 19.8 Å². The monoisotopic (exact) mass is 210 g/mol.